The minimum absolute atomic E-state index is 0.00559. The summed E-state index contributed by atoms with van der Waals surface area (Å²) in [7, 11) is 2.12. The minimum Gasteiger partial charge on any atom is -0.378 e. The van der Waals surface area contributed by atoms with Crippen LogP contribution in [0.1, 0.15) is 99.7 Å². The second kappa shape index (κ2) is 18.1. The number of halogens is 2. The maximum atomic E-state index is 14.2. The second-order valence-corrected chi connectivity index (χ2v) is 16.0. The zero-order chi connectivity index (χ0) is 37.5. The molecule has 2 atom stereocenters. The van der Waals surface area contributed by atoms with Gasteiger partial charge in [-0.05, 0) is 82.2 Å². The maximum Gasteiger partial charge on any atom is 0.284 e. The highest BCUT2D eigenvalue weighted by Gasteiger charge is 2.43. The molecule has 0 spiro atoms. The molecule has 0 aromatic carbocycles. The van der Waals surface area contributed by atoms with E-state index in [4.69, 9.17) is 19.2 Å². The summed E-state index contributed by atoms with van der Waals surface area (Å²) in [5.41, 5.74) is 0.254. The number of carbonyl (C=O) groups excluding carboxylic acids is 1. The van der Waals surface area contributed by atoms with Crippen LogP contribution in [-0.2, 0) is 14.2 Å². The Bertz CT molecular complexity index is 1640. The normalized spacial score (nSPS) is 26.0. The van der Waals surface area contributed by atoms with Gasteiger partial charge in [0.25, 0.3) is 12.3 Å². The third kappa shape index (κ3) is 9.58. The molecule has 4 fully saturated rings. The number of piperazine rings is 1. The highest BCUT2D eigenvalue weighted by molar-refractivity contribution is 6.08. The first-order valence-corrected chi connectivity index (χ1v) is 20.3. The summed E-state index contributed by atoms with van der Waals surface area (Å²) in [6, 6.07) is 1.86. The lowest BCUT2D eigenvalue weighted by Crippen LogP contribution is -2.43. The Morgan fingerprint density at radius 2 is 1.76 bits per heavy atom. The van der Waals surface area contributed by atoms with Gasteiger partial charge in [-0.3, -0.25) is 9.48 Å². The van der Waals surface area contributed by atoms with Crippen LogP contribution in [0.3, 0.4) is 0 Å². The summed E-state index contributed by atoms with van der Waals surface area (Å²) in [4.78, 5) is 22.5. The molecule has 3 aromatic heterocycles. The molecular weight excluding hydrogens is 696 g/mol. The van der Waals surface area contributed by atoms with Crippen molar-refractivity contribution >= 4 is 23.1 Å². The lowest BCUT2D eigenvalue weighted by Gasteiger charge is -2.40. The van der Waals surface area contributed by atoms with Gasteiger partial charge < -0.3 is 34.6 Å². The van der Waals surface area contributed by atoms with E-state index in [1.807, 2.05) is 6.07 Å². The molecule has 4 heterocycles. The smallest absolute Gasteiger partial charge is 0.284 e. The van der Waals surface area contributed by atoms with E-state index in [0.29, 0.717) is 44.6 Å². The number of alkyl halides is 2. The molecule has 54 heavy (non-hydrogen) atoms. The number of rotatable bonds is 18. The number of nitrogens with one attached hydrogen (secondary N) is 2. The minimum atomic E-state index is -2.83. The Balaban J connectivity index is 0.806. The van der Waals surface area contributed by atoms with E-state index in [-0.39, 0.29) is 22.9 Å². The van der Waals surface area contributed by atoms with Crippen LogP contribution in [-0.4, -0.2) is 120 Å². The van der Waals surface area contributed by atoms with Gasteiger partial charge in [0.1, 0.15) is 11.4 Å². The summed E-state index contributed by atoms with van der Waals surface area (Å²) in [5.74, 6) is 2.44. The average Bonchev–Trinajstić information content (AvgIpc) is 3.91. The Labute approximate surface area is 317 Å². The zero-order valence-electron chi connectivity index (χ0n) is 32.1. The number of aromatic nitrogens is 5. The molecule has 2 unspecified atom stereocenters. The van der Waals surface area contributed by atoms with Gasteiger partial charge >= 0.3 is 0 Å². The van der Waals surface area contributed by atoms with E-state index in [2.05, 4.69) is 44.6 Å². The number of likely N-dealkylation sites (N-methyl/N-ethyl adjacent to an activating group) is 1. The van der Waals surface area contributed by atoms with Crippen molar-refractivity contribution < 1.29 is 27.8 Å². The molecule has 3 aliphatic carbocycles. The van der Waals surface area contributed by atoms with E-state index in [9.17, 15) is 13.6 Å². The van der Waals surface area contributed by atoms with Crippen LogP contribution < -0.4 is 15.5 Å². The van der Waals surface area contributed by atoms with Crippen LogP contribution in [0.15, 0.2) is 24.7 Å². The molecule has 15 heteroatoms. The summed E-state index contributed by atoms with van der Waals surface area (Å²) in [6.45, 7) is 10.4. The molecule has 7 rings (SSSR count). The number of amides is 1. The van der Waals surface area contributed by atoms with Crippen LogP contribution in [0.2, 0.25) is 0 Å². The van der Waals surface area contributed by atoms with E-state index >= 15 is 0 Å². The fourth-order valence-corrected chi connectivity index (χ4v) is 9.31. The molecule has 1 aliphatic heterocycles. The van der Waals surface area contributed by atoms with Crippen LogP contribution >= 0.6 is 0 Å². The second-order valence-electron chi connectivity index (χ2n) is 16.0. The zero-order valence-corrected chi connectivity index (χ0v) is 32.1. The maximum absolute atomic E-state index is 14.2. The predicted molar refractivity (Wildman–Crippen MR) is 202 cm³/mol. The number of hydrogen-bond acceptors (Lipinski definition) is 10. The van der Waals surface area contributed by atoms with Gasteiger partial charge in [-0.2, -0.15) is 10.2 Å². The van der Waals surface area contributed by atoms with Gasteiger partial charge in [-0.1, -0.05) is 19.8 Å². The Morgan fingerprint density at radius 1 is 1.04 bits per heavy atom. The molecule has 298 valence electrons. The lowest BCUT2D eigenvalue weighted by atomic mass is 9.76. The van der Waals surface area contributed by atoms with Gasteiger partial charge in [0.05, 0.1) is 56.6 Å². The van der Waals surface area contributed by atoms with Crippen molar-refractivity contribution in [3.05, 3.63) is 35.9 Å². The van der Waals surface area contributed by atoms with Gasteiger partial charge in [0, 0.05) is 51.7 Å². The van der Waals surface area contributed by atoms with E-state index in [0.717, 1.165) is 89.0 Å². The van der Waals surface area contributed by atoms with Crippen molar-refractivity contribution in [2.75, 3.05) is 89.6 Å². The van der Waals surface area contributed by atoms with Crippen LogP contribution in [0.4, 0.5) is 20.3 Å². The molecule has 13 nitrogen and oxygen atoms in total. The quantitative estimate of drug-likeness (QED) is 0.159. The molecule has 1 saturated heterocycles. The number of anilines is 2. The third-order valence-corrected chi connectivity index (χ3v) is 12.3. The van der Waals surface area contributed by atoms with E-state index in [1.54, 1.807) is 17.1 Å². The molecule has 2 N–H and O–H groups in total. The Morgan fingerprint density at radius 3 is 2.48 bits per heavy atom. The molecule has 3 aromatic rings. The van der Waals surface area contributed by atoms with Gasteiger partial charge in [-0.15, -0.1) is 0 Å². The van der Waals surface area contributed by atoms with E-state index < -0.39 is 18.0 Å². The largest absolute Gasteiger partial charge is 0.378 e. The predicted octanol–water partition coefficient (Wildman–Crippen LogP) is 5.60. The fourth-order valence-electron chi connectivity index (χ4n) is 9.31. The number of nitrogens with zero attached hydrogens (tertiary/aromatic N) is 7. The Hall–Kier alpha value is -3.24. The number of ether oxygens (including phenoxy) is 3. The third-order valence-electron chi connectivity index (χ3n) is 12.3. The van der Waals surface area contributed by atoms with Crippen LogP contribution in [0, 0.1) is 17.8 Å². The highest BCUT2D eigenvalue weighted by Crippen LogP contribution is 2.49. The van der Waals surface area contributed by atoms with E-state index in [1.165, 1.54) is 42.8 Å². The van der Waals surface area contributed by atoms with Gasteiger partial charge in [-0.25, -0.2) is 18.3 Å². The fraction of sp³-hybridized carbons (Fsp3) is 0.744. The van der Waals surface area contributed by atoms with Crippen molar-refractivity contribution in [2.45, 2.75) is 89.2 Å². The summed E-state index contributed by atoms with van der Waals surface area (Å²) >= 11 is 0. The lowest BCUT2D eigenvalue weighted by molar-refractivity contribution is -0.105. The molecular formula is C39H59F2N9O4. The van der Waals surface area contributed by atoms with Crippen molar-refractivity contribution in [3.8, 4) is 0 Å². The number of fused-ring (bicyclic) bond motifs is 3. The van der Waals surface area contributed by atoms with Crippen molar-refractivity contribution in [2.24, 2.45) is 17.8 Å². The SMILES string of the molecule is CCC1(OCCOCCOCCN(C)C[C@H]2CC[C@H](n3cc(NC(=O)c4cnn5ccc(N6CCNCC6)nc45)c(C(F)F)n3)CC2)CC2CCC(C2)C1. The topological polar surface area (TPSA) is 123 Å². The van der Waals surface area contributed by atoms with Crippen molar-refractivity contribution in [3.63, 3.8) is 0 Å². The van der Waals surface area contributed by atoms with Gasteiger partial charge in [0.2, 0.25) is 0 Å². The molecule has 3 saturated carbocycles. The van der Waals surface area contributed by atoms with Gasteiger partial charge in [0.15, 0.2) is 11.3 Å². The monoisotopic (exact) mass is 755 g/mol. The number of hydrogen-bond donors (Lipinski definition) is 2. The van der Waals surface area contributed by atoms with Crippen LogP contribution in [0.25, 0.3) is 5.65 Å². The molecule has 1 amide bonds. The number of carbonyl (C=O) groups is 1. The summed E-state index contributed by atoms with van der Waals surface area (Å²) in [6.07, 6.45) is 13.2. The first-order chi connectivity index (χ1) is 26.3. The van der Waals surface area contributed by atoms with Crippen LogP contribution in [0.5, 0.6) is 0 Å². The average molecular weight is 756 g/mol. The first-order valence-electron chi connectivity index (χ1n) is 20.3. The molecule has 2 bridgehead atoms. The van der Waals surface area contributed by atoms with Crippen molar-refractivity contribution in [1.29, 1.82) is 0 Å². The molecule has 0 radical (unpaired) electrons. The summed E-state index contributed by atoms with van der Waals surface area (Å²) < 4.78 is 49.5. The standard InChI is InChI=1S/C39H59F2N9O4/c1-3-39(23-29-4-5-30(22-29)24-39)54-21-20-53-19-18-52-17-16-47(2)26-28-6-8-31(9-7-28)50-27-33(35(46-50)36(40)41)44-38(51)32-25-43-49-13-10-34(45-37(32)49)48-14-11-42-12-15-48/h10,13,25,27-31,36,42H,3-9,11-12,14-24,26H2,1-2H3,(H,44,51)/t28-,29?,30?,31-,39?. The summed E-state index contributed by atoms with van der Waals surface area (Å²) in [5, 5.41) is 14.5. The first kappa shape index (κ1) is 39.0. The van der Waals surface area contributed by atoms with Crippen molar-refractivity contribution in [1.82, 2.24) is 34.6 Å². The highest BCUT2D eigenvalue weighted by atomic mass is 19.3. The molecule has 4 aliphatic rings. The Kier molecular flexibility index (Phi) is 13.1.